The highest BCUT2D eigenvalue weighted by Crippen LogP contribution is 2.26. The number of halogens is 1. The van der Waals surface area contributed by atoms with E-state index in [2.05, 4.69) is 63.0 Å². The second-order valence-corrected chi connectivity index (χ2v) is 7.50. The van der Waals surface area contributed by atoms with E-state index in [1.807, 2.05) is 11.3 Å². The van der Waals surface area contributed by atoms with Crippen LogP contribution in [0.2, 0.25) is 0 Å². The molecule has 0 radical (unpaired) electrons. The maximum absolute atomic E-state index is 3.69. The minimum Gasteiger partial charge on any atom is -0.313 e. The summed E-state index contributed by atoms with van der Waals surface area (Å²) in [6.07, 6.45) is 5.13. The number of aryl methyl sites for hydroxylation is 1. The van der Waals surface area contributed by atoms with Crippen molar-refractivity contribution in [2.24, 2.45) is 0 Å². The first-order valence-electron chi connectivity index (χ1n) is 7.32. The third-order valence-corrected chi connectivity index (χ3v) is 5.36. The van der Waals surface area contributed by atoms with Crippen molar-refractivity contribution in [1.82, 2.24) is 5.32 Å². The van der Waals surface area contributed by atoms with E-state index in [1.54, 1.807) is 0 Å². The Labute approximate surface area is 133 Å². The first kappa shape index (κ1) is 14.3. The van der Waals surface area contributed by atoms with E-state index < -0.39 is 0 Å². The molecule has 1 aromatic heterocycles. The maximum atomic E-state index is 3.69. The van der Waals surface area contributed by atoms with Crippen LogP contribution in [0.1, 0.15) is 35.6 Å². The summed E-state index contributed by atoms with van der Waals surface area (Å²) in [6, 6.07) is 14.0. The van der Waals surface area contributed by atoms with Gasteiger partial charge in [-0.2, -0.15) is 0 Å². The van der Waals surface area contributed by atoms with Crippen LogP contribution in [0.3, 0.4) is 0 Å². The second-order valence-electron chi connectivity index (χ2n) is 5.55. The lowest BCUT2D eigenvalue weighted by Crippen LogP contribution is -2.23. The number of hydrogen-bond acceptors (Lipinski definition) is 2. The Morgan fingerprint density at radius 2 is 2.00 bits per heavy atom. The number of thiophene rings is 1. The van der Waals surface area contributed by atoms with Gasteiger partial charge >= 0.3 is 0 Å². The molecule has 1 nitrogen and oxygen atoms in total. The van der Waals surface area contributed by atoms with Crippen molar-refractivity contribution in [2.45, 2.75) is 37.6 Å². The molecule has 1 aromatic carbocycles. The van der Waals surface area contributed by atoms with Gasteiger partial charge in [0.15, 0.2) is 0 Å². The molecule has 3 rings (SSSR count). The quantitative estimate of drug-likeness (QED) is 0.743. The predicted octanol–water partition coefficient (Wildman–Crippen LogP) is 4.98. The molecule has 1 aliphatic carbocycles. The molecule has 1 heterocycles. The van der Waals surface area contributed by atoms with Crippen molar-refractivity contribution in [3.63, 3.8) is 0 Å². The first-order chi connectivity index (χ1) is 9.81. The molecular weight excluding hydrogens is 330 g/mol. The highest BCUT2D eigenvalue weighted by molar-refractivity contribution is 9.10. The van der Waals surface area contributed by atoms with Gasteiger partial charge in [0.05, 0.1) is 0 Å². The number of nitrogens with one attached hydrogen (secondary N) is 1. The molecule has 20 heavy (non-hydrogen) atoms. The third-order valence-electron chi connectivity index (χ3n) is 3.89. The Morgan fingerprint density at radius 3 is 2.65 bits per heavy atom. The van der Waals surface area contributed by atoms with Crippen molar-refractivity contribution in [1.29, 1.82) is 0 Å². The van der Waals surface area contributed by atoms with Crippen LogP contribution in [0.5, 0.6) is 0 Å². The van der Waals surface area contributed by atoms with Gasteiger partial charge in [-0.3, -0.25) is 0 Å². The molecule has 0 spiro atoms. The van der Waals surface area contributed by atoms with Crippen LogP contribution >= 0.6 is 27.3 Å². The molecule has 2 aromatic rings. The van der Waals surface area contributed by atoms with Gasteiger partial charge in [-0.05, 0) is 60.7 Å². The molecular formula is C17H20BrNS. The largest absolute Gasteiger partial charge is 0.313 e. The molecule has 1 atom stereocenters. The fourth-order valence-corrected chi connectivity index (χ4v) is 3.48. The van der Waals surface area contributed by atoms with E-state index in [1.165, 1.54) is 36.1 Å². The molecule has 1 unspecified atom stereocenters. The van der Waals surface area contributed by atoms with Crippen molar-refractivity contribution >= 4 is 27.3 Å². The Hall–Kier alpha value is -0.640. The summed E-state index contributed by atoms with van der Waals surface area (Å²) in [5.41, 5.74) is 1.46. The van der Waals surface area contributed by atoms with Crippen LogP contribution in [0.4, 0.5) is 0 Å². The van der Waals surface area contributed by atoms with E-state index in [0.717, 1.165) is 17.1 Å². The van der Waals surface area contributed by atoms with E-state index in [9.17, 15) is 0 Å². The lowest BCUT2D eigenvalue weighted by atomic mass is 9.94. The van der Waals surface area contributed by atoms with E-state index in [4.69, 9.17) is 0 Å². The molecule has 1 fully saturated rings. The first-order valence-corrected chi connectivity index (χ1v) is 9.00. The fourth-order valence-electron chi connectivity index (χ4n) is 2.49. The minimum absolute atomic E-state index is 0.616. The Morgan fingerprint density at radius 1 is 1.20 bits per heavy atom. The van der Waals surface area contributed by atoms with Crippen molar-refractivity contribution < 1.29 is 0 Å². The molecule has 0 saturated heterocycles. The van der Waals surface area contributed by atoms with Gasteiger partial charge in [-0.25, -0.2) is 0 Å². The van der Waals surface area contributed by atoms with Crippen LogP contribution in [-0.2, 0) is 6.42 Å². The maximum Gasteiger partial charge on any atom is 0.0175 e. The average molecular weight is 350 g/mol. The highest BCUT2D eigenvalue weighted by atomic mass is 79.9. The van der Waals surface area contributed by atoms with Crippen molar-refractivity contribution in [2.75, 3.05) is 6.54 Å². The van der Waals surface area contributed by atoms with Crippen molar-refractivity contribution in [3.8, 4) is 0 Å². The summed E-state index contributed by atoms with van der Waals surface area (Å²) < 4.78 is 1.16. The zero-order valence-corrected chi connectivity index (χ0v) is 13.9. The van der Waals surface area contributed by atoms with E-state index in [0.29, 0.717) is 5.92 Å². The minimum atomic E-state index is 0.616. The van der Waals surface area contributed by atoms with Gasteiger partial charge in [0, 0.05) is 21.9 Å². The third kappa shape index (κ3) is 4.18. The molecule has 106 valence electrons. The number of rotatable bonds is 7. The summed E-state index contributed by atoms with van der Waals surface area (Å²) in [5, 5.41) is 5.86. The zero-order chi connectivity index (χ0) is 13.8. The Kier molecular flexibility index (Phi) is 4.92. The predicted molar refractivity (Wildman–Crippen MR) is 90.5 cm³/mol. The summed E-state index contributed by atoms with van der Waals surface area (Å²) in [6.45, 7) is 1.11. The van der Waals surface area contributed by atoms with Crippen LogP contribution in [0.15, 0.2) is 46.3 Å². The van der Waals surface area contributed by atoms with Gasteiger partial charge in [-0.15, -0.1) is 11.3 Å². The lowest BCUT2D eigenvalue weighted by molar-refractivity contribution is 0.549. The number of hydrogen-bond donors (Lipinski definition) is 1. The van der Waals surface area contributed by atoms with Crippen LogP contribution in [0.25, 0.3) is 0 Å². The van der Waals surface area contributed by atoms with Gasteiger partial charge in [0.25, 0.3) is 0 Å². The Balaban J connectivity index is 1.63. The SMILES string of the molecule is Brc1ccc(C(CCc2cccs2)CNC2CC2)cc1. The zero-order valence-electron chi connectivity index (χ0n) is 11.5. The van der Waals surface area contributed by atoms with E-state index in [-0.39, 0.29) is 0 Å². The van der Waals surface area contributed by atoms with Crippen LogP contribution < -0.4 is 5.32 Å². The average Bonchev–Trinajstić information content (AvgIpc) is 3.14. The van der Waals surface area contributed by atoms with Gasteiger partial charge < -0.3 is 5.32 Å². The van der Waals surface area contributed by atoms with Gasteiger partial charge in [0.2, 0.25) is 0 Å². The van der Waals surface area contributed by atoms with E-state index >= 15 is 0 Å². The molecule has 0 aliphatic heterocycles. The van der Waals surface area contributed by atoms with Crippen molar-refractivity contribution in [3.05, 3.63) is 56.7 Å². The molecule has 1 aliphatic rings. The summed E-state index contributed by atoms with van der Waals surface area (Å²) in [5.74, 6) is 0.616. The molecule has 1 saturated carbocycles. The molecule has 1 N–H and O–H groups in total. The smallest absolute Gasteiger partial charge is 0.0175 e. The topological polar surface area (TPSA) is 12.0 Å². The normalized spacial score (nSPS) is 16.2. The Bertz CT molecular complexity index is 516. The lowest BCUT2D eigenvalue weighted by Gasteiger charge is -2.18. The van der Waals surface area contributed by atoms with Crippen LogP contribution in [-0.4, -0.2) is 12.6 Å². The second kappa shape index (κ2) is 6.88. The standard InChI is InChI=1S/C17H20BrNS/c18-15-6-3-13(4-7-15)14(12-19-16-8-9-16)5-10-17-2-1-11-20-17/h1-4,6-7,11,14,16,19H,5,8-10,12H2. The molecule has 0 amide bonds. The summed E-state index contributed by atoms with van der Waals surface area (Å²) in [4.78, 5) is 1.50. The van der Waals surface area contributed by atoms with Gasteiger partial charge in [-0.1, -0.05) is 34.1 Å². The fraction of sp³-hybridized carbons (Fsp3) is 0.412. The molecule has 0 bridgehead atoms. The number of benzene rings is 1. The highest BCUT2D eigenvalue weighted by Gasteiger charge is 2.22. The molecule has 3 heteroatoms. The van der Waals surface area contributed by atoms with Crippen LogP contribution in [0, 0.1) is 0 Å². The van der Waals surface area contributed by atoms with Gasteiger partial charge in [0.1, 0.15) is 0 Å². The monoisotopic (exact) mass is 349 g/mol. The summed E-state index contributed by atoms with van der Waals surface area (Å²) in [7, 11) is 0. The summed E-state index contributed by atoms with van der Waals surface area (Å²) >= 11 is 5.39.